The van der Waals surface area contributed by atoms with E-state index in [0.717, 1.165) is 29.1 Å². The largest absolute Gasteiger partial charge is 0.0651 e. The second-order valence-corrected chi connectivity index (χ2v) is 5.28. The average Bonchev–Trinajstić information content (AvgIpc) is 1.99. The Morgan fingerprint density at radius 1 is 1.00 bits per heavy atom. The van der Waals surface area contributed by atoms with Gasteiger partial charge in [-0.25, -0.2) is 0 Å². The van der Waals surface area contributed by atoms with Gasteiger partial charge in [-0.05, 0) is 41.9 Å². The van der Waals surface area contributed by atoms with Crippen molar-refractivity contribution in [2.75, 3.05) is 0 Å². The third-order valence-corrected chi connectivity index (χ3v) is 5.11. The lowest BCUT2D eigenvalue weighted by Crippen LogP contribution is -2.62. The predicted octanol–water partition coefficient (Wildman–Crippen LogP) is 3.71. The van der Waals surface area contributed by atoms with E-state index in [4.69, 9.17) is 0 Å². The van der Waals surface area contributed by atoms with Gasteiger partial charge < -0.3 is 0 Å². The standard InChI is InChI=1S/C12H22/c1-5-11-7-10(4)12(11)8(2)6-9(12)3/h8-11H,5-7H2,1-4H3. The van der Waals surface area contributed by atoms with Gasteiger partial charge in [0.05, 0.1) is 0 Å². The molecular weight excluding hydrogens is 144 g/mol. The molecule has 2 rings (SSSR count). The van der Waals surface area contributed by atoms with Crippen molar-refractivity contribution in [3.8, 4) is 0 Å². The monoisotopic (exact) mass is 166 g/mol. The van der Waals surface area contributed by atoms with Gasteiger partial charge in [0.1, 0.15) is 0 Å². The summed E-state index contributed by atoms with van der Waals surface area (Å²) in [5.74, 6) is 4.11. The van der Waals surface area contributed by atoms with Crippen molar-refractivity contribution in [1.82, 2.24) is 0 Å². The molecule has 2 aliphatic rings. The Hall–Kier alpha value is 0. The molecule has 0 aliphatic heterocycles. The minimum atomic E-state index is 0.786. The summed E-state index contributed by atoms with van der Waals surface area (Å²) in [6.07, 6.45) is 4.41. The molecule has 1 spiro atoms. The highest BCUT2D eigenvalue weighted by molar-refractivity contribution is 5.11. The lowest BCUT2D eigenvalue weighted by molar-refractivity contribution is -0.204. The molecule has 70 valence electrons. The Morgan fingerprint density at radius 2 is 1.50 bits per heavy atom. The van der Waals surface area contributed by atoms with Crippen LogP contribution in [0.25, 0.3) is 0 Å². The van der Waals surface area contributed by atoms with Crippen molar-refractivity contribution in [3.63, 3.8) is 0 Å². The molecule has 0 aromatic carbocycles. The van der Waals surface area contributed by atoms with Crippen molar-refractivity contribution in [1.29, 1.82) is 0 Å². The van der Waals surface area contributed by atoms with Crippen LogP contribution < -0.4 is 0 Å². The third kappa shape index (κ3) is 0.701. The summed E-state index contributed by atoms with van der Waals surface area (Å²) in [6, 6.07) is 0. The number of hydrogen-bond acceptors (Lipinski definition) is 0. The molecule has 0 N–H and O–H groups in total. The summed E-state index contributed by atoms with van der Waals surface area (Å²) >= 11 is 0. The highest BCUT2D eigenvalue weighted by Gasteiger charge is 2.62. The highest BCUT2D eigenvalue weighted by Crippen LogP contribution is 2.69. The molecule has 0 radical (unpaired) electrons. The normalized spacial score (nSPS) is 58.0. The second-order valence-electron chi connectivity index (χ2n) is 5.28. The Kier molecular flexibility index (Phi) is 1.79. The van der Waals surface area contributed by atoms with Crippen molar-refractivity contribution < 1.29 is 0 Å². The van der Waals surface area contributed by atoms with E-state index in [1.807, 2.05) is 0 Å². The third-order valence-electron chi connectivity index (χ3n) is 5.11. The first-order valence-corrected chi connectivity index (χ1v) is 5.64. The quantitative estimate of drug-likeness (QED) is 0.557. The van der Waals surface area contributed by atoms with Gasteiger partial charge in [0.15, 0.2) is 0 Å². The molecule has 2 fully saturated rings. The van der Waals surface area contributed by atoms with Gasteiger partial charge >= 0.3 is 0 Å². The number of rotatable bonds is 1. The summed E-state index contributed by atoms with van der Waals surface area (Å²) in [4.78, 5) is 0. The first kappa shape index (κ1) is 8.59. The zero-order valence-electron chi connectivity index (χ0n) is 8.93. The van der Waals surface area contributed by atoms with Crippen LogP contribution in [-0.4, -0.2) is 0 Å². The molecule has 0 heterocycles. The van der Waals surface area contributed by atoms with Crippen LogP contribution >= 0.6 is 0 Å². The molecule has 12 heavy (non-hydrogen) atoms. The van der Waals surface area contributed by atoms with Crippen LogP contribution in [0.5, 0.6) is 0 Å². The lowest BCUT2D eigenvalue weighted by atomic mass is 9.36. The Labute approximate surface area is 76.7 Å². The summed E-state index contributed by atoms with van der Waals surface area (Å²) < 4.78 is 0. The fraction of sp³-hybridized carbons (Fsp3) is 1.00. The molecule has 0 amide bonds. The zero-order valence-corrected chi connectivity index (χ0v) is 8.93. The van der Waals surface area contributed by atoms with Crippen LogP contribution in [-0.2, 0) is 0 Å². The molecule has 4 atom stereocenters. The van der Waals surface area contributed by atoms with Crippen LogP contribution in [0.2, 0.25) is 0 Å². The van der Waals surface area contributed by atoms with E-state index in [1.54, 1.807) is 0 Å². The Bertz CT molecular complexity index is 166. The molecule has 0 saturated heterocycles. The second kappa shape index (κ2) is 2.49. The fourth-order valence-electron chi connectivity index (χ4n) is 4.64. The Morgan fingerprint density at radius 3 is 1.75 bits per heavy atom. The smallest absolute Gasteiger partial charge is 0.0192 e. The predicted molar refractivity (Wildman–Crippen MR) is 52.9 cm³/mol. The van der Waals surface area contributed by atoms with E-state index in [9.17, 15) is 0 Å². The van der Waals surface area contributed by atoms with Crippen molar-refractivity contribution in [2.45, 2.75) is 47.0 Å². The van der Waals surface area contributed by atoms with Crippen LogP contribution in [0.4, 0.5) is 0 Å². The highest BCUT2D eigenvalue weighted by atomic mass is 14.7. The van der Waals surface area contributed by atoms with Crippen LogP contribution in [0, 0.1) is 29.1 Å². The molecule has 0 aromatic heterocycles. The molecule has 4 unspecified atom stereocenters. The molecule has 2 saturated carbocycles. The van der Waals surface area contributed by atoms with Gasteiger partial charge in [-0.2, -0.15) is 0 Å². The van der Waals surface area contributed by atoms with Crippen LogP contribution in [0.15, 0.2) is 0 Å². The first-order chi connectivity index (χ1) is 5.64. The lowest BCUT2D eigenvalue weighted by Gasteiger charge is -2.69. The van der Waals surface area contributed by atoms with E-state index >= 15 is 0 Å². The summed E-state index contributed by atoms with van der Waals surface area (Å²) in [5.41, 5.74) is 0.786. The van der Waals surface area contributed by atoms with Crippen molar-refractivity contribution >= 4 is 0 Å². The van der Waals surface area contributed by atoms with Gasteiger partial charge in [0.2, 0.25) is 0 Å². The van der Waals surface area contributed by atoms with E-state index < -0.39 is 0 Å². The number of hydrogen-bond donors (Lipinski definition) is 0. The average molecular weight is 166 g/mol. The van der Waals surface area contributed by atoms with Crippen molar-refractivity contribution in [2.24, 2.45) is 29.1 Å². The van der Waals surface area contributed by atoms with Crippen LogP contribution in [0.3, 0.4) is 0 Å². The van der Waals surface area contributed by atoms with Gasteiger partial charge in [-0.1, -0.05) is 34.1 Å². The molecule has 0 heteroatoms. The summed E-state index contributed by atoms with van der Waals surface area (Å²) in [6.45, 7) is 9.78. The molecule has 2 aliphatic carbocycles. The minimum absolute atomic E-state index is 0.786. The van der Waals surface area contributed by atoms with E-state index in [-0.39, 0.29) is 0 Å². The molecule has 0 aromatic rings. The maximum absolute atomic E-state index is 2.47. The summed E-state index contributed by atoms with van der Waals surface area (Å²) in [7, 11) is 0. The van der Waals surface area contributed by atoms with Gasteiger partial charge in [0.25, 0.3) is 0 Å². The molecule has 0 nitrogen and oxygen atoms in total. The van der Waals surface area contributed by atoms with Gasteiger partial charge in [-0.3, -0.25) is 0 Å². The van der Waals surface area contributed by atoms with E-state index in [0.29, 0.717) is 0 Å². The fourth-order valence-corrected chi connectivity index (χ4v) is 4.64. The maximum atomic E-state index is 2.47. The summed E-state index contributed by atoms with van der Waals surface area (Å²) in [5, 5.41) is 0. The minimum Gasteiger partial charge on any atom is -0.0651 e. The molecule has 0 bridgehead atoms. The van der Waals surface area contributed by atoms with Gasteiger partial charge in [0, 0.05) is 0 Å². The van der Waals surface area contributed by atoms with E-state index in [2.05, 4.69) is 27.7 Å². The Balaban J connectivity index is 2.17. The SMILES string of the molecule is CCC1CC(C)C12C(C)CC2C. The zero-order chi connectivity index (χ0) is 8.93. The topological polar surface area (TPSA) is 0 Å². The van der Waals surface area contributed by atoms with Crippen molar-refractivity contribution in [3.05, 3.63) is 0 Å². The maximum Gasteiger partial charge on any atom is -0.0192 e. The van der Waals surface area contributed by atoms with Gasteiger partial charge in [-0.15, -0.1) is 0 Å². The first-order valence-electron chi connectivity index (χ1n) is 5.64. The van der Waals surface area contributed by atoms with Crippen LogP contribution in [0.1, 0.15) is 47.0 Å². The van der Waals surface area contributed by atoms with E-state index in [1.165, 1.54) is 19.3 Å². The molecular formula is C12H22.